The second kappa shape index (κ2) is 6.84. The Morgan fingerprint density at radius 1 is 1.21 bits per heavy atom. The number of hydrogen-bond donors (Lipinski definition) is 1. The summed E-state index contributed by atoms with van der Waals surface area (Å²) in [5.74, 6) is -0.192. The average molecular weight is 342 g/mol. The van der Waals surface area contributed by atoms with Gasteiger partial charge in [-0.3, -0.25) is 9.36 Å². The number of hydrogen-bond acceptors (Lipinski definition) is 4. The van der Waals surface area contributed by atoms with Crippen molar-refractivity contribution >= 4 is 23.5 Å². The number of halogens is 1. The Morgan fingerprint density at radius 2 is 1.96 bits per heavy atom. The number of nitrogens with one attached hydrogen (secondary N) is 1. The summed E-state index contributed by atoms with van der Waals surface area (Å²) in [7, 11) is 0. The van der Waals surface area contributed by atoms with Gasteiger partial charge in [0.05, 0.1) is 6.20 Å². The zero-order valence-corrected chi connectivity index (χ0v) is 14.0. The molecule has 0 saturated heterocycles. The Kier molecular flexibility index (Phi) is 4.61. The van der Waals surface area contributed by atoms with Gasteiger partial charge in [0.25, 0.3) is 5.91 Å². The number of thioether (sulfide) groups is 1. The molecule has 2 heterocycles. The lowest BCUT2D eigenvalue weighted by atomic mass is 10.3. The molecule has 0 saturated carbocycles. The molecule has 3 aromatic rings. The normalized spacial score (nSPS) is 10.6. The van der Waals surface area contributed by atoms with Gasteiger partial charge in [-0.25, -0.2) is 14.4 Å². The fourth-order valence-electron chi connectivity index (χ4n) is 2.27. The molecule has 0 aliphatic rings. The lowest BCUT2D eigenvalue weighted by Crippen LogP contribution is -2.17. The number of carbonyl (C=O) groups is 1. The third kappa shape index (κ3) is 3.30. The van der Waals surface area contributed by atoms with E-state index in [0.717, 1.165) is 5.69 Å². The number of benzene rings is 1. The van der Waals surface area contributed by atoms with Crippen LogP contribution in [-0.2, 0) is 0 Å². The molecule has 2 aromatic heterocycles. The summed E-state index contributed by atoms with van der Waals surface area (Å²) in [6, 6.07) is 11.3. The van der Waals surface area contributed by atoms with Crippen molar-refractivity contribution in [1.82, 2.24) is 14.5 Å². The predicted octanol–water partition coefficient (Wildman–Crippen LogP) is 3.69. The molecular formula is C17H15FN4OS. The van der Waals surface area contributed by atoms with Crippen LogP contribution in [-0.4, -0.2) is 26.7 Å². The van der Waals surface area contributed by atoms with Gasteiger partial charge < -0.3 is 5.32 Å². The van der Waals surface area contributed by atoms with Gasteiger partial charge in [0.1, 0.15) is 17.3 Å². The summed E-state index contributed by atoms with van der Waals surface area (Å²) in [4.78, 5) is 21.1. The Hall–Kier alpha value is -2.67. The monoisotopic (exact) mass is 342 g/mol. The van der Waals surface area contributed by atoms with Crippen molar-refractivity contribution in [3.8, 4) is 5.69 Å². The minimum absolute atomic E-state index is 0.328. The number of aromatic nitrogens is 3. The molecule has 1 amide bonds. The lowest BCUT2D eigenvalue weighted by Gasteiger charge is -2.11. The number of carbonyl (C=O) groups excluding carboxylic acids is 1. The molecule has 1 N–H and O–H groups in total. The van der Waals surface area contributed by atoms with Gasteiger partial charge in [0, 0.05) is 11.4 Å². The van der Waals surface area contributed by atoms with Crippen LogP contribution in [0.25, 0.3) is 5.69 Å². The van der Waals surface area contributed by atoms with Crippen LogP contribution in [0.4, 0.5) is 10.2 Å². The average Bonchev–Trinajstić information content (AvgIpc) is 2.99. The van der Waals surface area contributed by atoms with E-state index in [2.05, 4.69) is 15.3 Å². The Labute approximate surface area is 142 Å². The minimum atomic E-state index is -0.334. The van der Waals surface area contributed by atoms with Gasteiger partial charge in [-0.1, -0.05) is 17.8 Å². The van der Waals surface area contributed by atoms with E-state index < -0.39 is 0 Å². The summed E-state index contributed by atoms with van der Waals surface area (Å²) in [6.45, 7) is 1.85. The number of anilines is 1. The SMILES string of the molecule is CSc1ncc(C(=O)Nc2cccc(C)n2)n1-c1ccc(F)cc1. The maximum atomic E-state index is 13.2. The molecule has 0 fully saturated rings. The van der Waals surface area contributed by atoms with E-state index in [-0.39, 0.29) is 11.7 Å². The Balaban J connectivity index is 1.97. The third-order valence-corrected chi connectivity index (χ3v) is 4.01. The molecular weight excluding hydrogens is 327 g/mol. The first kappa shape index (κ1) is 16.2. The number of imidazole rings is 1. The molecule has 0 radical (unpaired) electrons. The van der Waals surface area contributed by atoms with Gasteiger partial charge in [-0.2, -0.15) is 0 Å². The van der Waals surface area contributed by atoms with Crippen LogP contribution < -0.4 is 5.32 Å². The van der Waals surface area contributed by atoms with Crippen molar-refractivity contribution in [2.45, 2.75) is 12.1 Å². The molecule has 0 bridgehead atoms. The summed E-state index contributed by atoms with van der Waals surface area (Å²) in [6.07, 6.45) is 3.37. The first-order chi connectivity index (χ1) is 11.6. The second-order valence-corrected chi connectivity index (χ2v) is 5.83. The minimum Gasteiger partial charge on any atom is -0.305 e. The maximum absolute atomic E-state index is 13.2. The first-order valence-electron chi connectivity index (χ1n) is 7.21. The van der Waals surface area contributed by atoms with E-state index in [1.165, 1.54) is 30.1 Å². The molecule has 7 heteroatoms. The van der Waals surface area contributed by atoms with E-state index in [4.69, 9.17) is 0 Å². The zero-order chi connectivity index (χ0) is 17.1. The van der Waals surface area contributed by atoms with Crippen molar-refractivity contribution in [2.24, 2.45) is 0 Å². The number of pyridine rings is 1. The Morgan fingerprint density at radius 3 is 2.62 bits per heavy atom. The van der Waals surface area contributed by atoms with Crippen molar-refractivity contribution in [3.05, 3.63) is 65.9 Å². The van der Waals surface area contributed by atoms with Crippen LogP contribution in [0, 0.1) is 12.7 Å². The highest BCUT2D eigenvalue weighted by Gasteiger charge is 2.18. The highest BCUT2D eigenvalue weighted by atomic mass is 32.2. The van der Waals surface area contributed by atoms with Crippen molar-refractivity contribution < 1.29 is 9.18 Å². The highest BCUT2D eigenvalue weighted by Crippen LogP contribution is 2.22. The fraction of sp³-hybridized carbons (Fsp3) is 0.118. The van der Waals surface area contributed by atoms with Gasteiger partial charge in [-0.05, 0) is 49.6 Å². The molecule has 122 valence electrons. The van der Waals surface area contributed by atoms with E-state index >= 15 is 0 Å². The van der Waals surface area contributed by atoms with Gasteiger partial charge in [0.2, 0.25) is 0 Å². The van der Waals surface area contributed by atoms with Crippen LogP contribution in [0.15, 0.2) is 53.8 Å². The molecule has 0 aliphatic carbocycles. The lowest BCUT2D eigenvalue weighted by molar-refractivity contribution is 0.101. The van der Waals surface area contributed by atoms with Crippen molar-refractivity contribution in [2.75, 3.05) is 11.6 Å². The predicted molar refractivity (Wildman–Crippen MR) is 92.2 cm³/mol. The molecule has 0 unspecified atom stereocenters. The molecule has 1 aromatic carbocycles. The number of nitrogens with zero attached hydrogens (tertiary/aromatic N) is 3. The van der Waals surface area contributed by atoms with Crippen LogP contribution in [0.1, 0.15) is 16.2 Å². The first-order valence-corrected chi connectivity index (χ1v) is 8.43. The standard InChI is InChI=1S/C17H15FN4OS/c1-11-4-3-5-15(20-11)21-16(23)14-10-19-17(24-2)22(14)13-8-6-12(18)7-9-13/h3-10H,1-2H3,(H,20,21,23). The number of rotatable bonds is 4. The van der Waals surface area contributed by atoms with Gasteiger partial charge >= 0.3 is 0 Å². The van der Waals surface area contributed by atoms with Crippen molar-refractivity contribution in [1.29, 1.82) is 0 Å². The Bertz CT molecular complexity index is 877. The van der Waals surface area contributed by atoms with E-state index in [9.17, 15) is 9.18 Å². The van der Waals surface area contributed by atoms with Crippen molar-refractivity contribution in [3.63, 3.8) is 0 Å². The largest absolute Gasteiger partial charge is 0.305 e. The number of aryl methyl sites for hydroxylation is 1. The maximum Gasteiger partial charge on any atom is 0.275 e. The van der Waals surface area contributed by atoms with Crippen LogP contribution >= 0.6 is 11.8 Å². The fourth-order valence-corrected chi connectivity index (χ4v) is 2.82. The molecule has 5 nitrogen and oxygen atoms in total. The van der Waals surface area contributed by atoms with Gasteiger partial charge in [-0.15, -0.1) is 0 Å². The van der Waals surface area contributed by atoms with Gasteiger partial charge in [0.15, 0.2) is 5.16 Å². The summed E-state index contributed by atoms with van der Waals surface area (Å²) < 4.78 is 14.9. The molecule has 24 heavy (non-hydrogen) atoms. The molecule has 3 rings (SSSR count). The third-order valence-electron chi connectivity index (χ3n) is 3.36. The highest BCUT2D eigenvalue weighted by molar-refractivity contribution is 7.98. The molecule has 0 aliphatic heterocycles. The molecule has 0 atom stereocenters. The van der Waals surface area contributed by atoms with Crippen LogP contribution in [0.5, 0.6) is 0 Å². The van der Waals surface area contributed by atoms with E-state index in [1.54, 1.807) is 22.8 Å². The van der Waals surface area contributed by atoms with E-state index in [0.29, 0.717) is 22.4 Å². The summed E-state index contributed by atoms with van der Waals surface area (Å²) >= 11 is 1.40. The quantitative estimate of drug-likeness (QED) is 0.735. The summed E-state index contributed by atoms with van der Waals surface area (Å²) in [5.41, 5.74) is 1.83. The second-order valence-electron chi connectivity index (χ2n) is 5.06. The summed E-state index contributed by atoms with van der Waals surface area (Å²) in [5, 5.41) is 3.41. The smallest absolute Gasteiger partial charge is 0.275 e. The zero-order valence-electron chi connectivity index (χ0n) is 13.2. The number of amides is 1. The topological polar surface area (TPSA) is 59.8 Å². The molecule has 0 spiro atoms. The van der Waals surface area contributed by atoms with E-state index in [1.807, 2.05) is 25.3 Å². The van der Waals surface area contributed by atoms with Crippen LogP contribution in [0.3, 0.4) is 0 Å². The van der Waals surface area contributed by atoms with Crippen LogP contribution in [0.2, 0.25) is 0 Å².